The Bertz CT molecular complexity index is 1690. The Kier molecular flexibility index (Phi) is 7.90. The first kappa shape index (κ1) is 33.2. The van der Waals surface area contributed by atoms with Crippen molar-refractivity contribution in [1.82, 2.24) is 15.2 Å². The van der Waals surface area contributed by atoms with Gasteiger partial charge >= 0.3 is 18.4 Å². The summed E-state index contributed by atoms with van der Waals surface area (Å²) in [5.41, 5.74) is -9.49. The van der Waals surface area contributed by atoms with Crippen molar-refractivity contribution in [2.45, 2.75) is 77.1 Å². The number of aliphatic hydroxyl groups is 1. The van der Waals surface area contributed by atoms with E-state index in [-0.39, 0.29) is 18.5 Å². The fraction of sp³-hybridized carbons (Fsp3) is 0.467. The molecular formula is C30H30F7N5O4. The molecule has 9 nitrogen and oxygen atoms in total. The largest absolute Gasteiger partial charge is 0.444 e. The SMILES string of the molecule is CC1(C)CC2CC=Cc3ccc(F)c(c3)C(O)(C(F)(F)F)c3nnc(o3)-c3nc(c(C(F)(F)F)cc3NC(=O)OC(C)(C)C)N2C1. The summed E-state index contributed by atoms with van der Waals surface area (Å²) in [6.45, 7) is 8.35. The molecule has 4 heterocycles. The molecule has 1 aromatic carbocycles. The highest BCUT2D eigenvalue weighted by Crippen LogP contribution is 2.48. The van der Waals surface area contributed by atoms with Crippen molar-refractivity contribution >= 4 is 23.7 Å². The minimum Gasteiger partial charge on any atom is -0.444 e. The number of anilines is 2. The molecule has 1 amide bonds. The van der Waals surface area contributed by atoms with Crippen LogP contribution in [-0.4, -0.2) is 50.7 Å². The summed E-state index contributed by atoms with van der Waals surface area (Å²) in [7, 11) is 0. The summed E-state index contributed by atoms with van der Waals surface area (Å²) in [6, 6.07) is 2.68. The minimum atomic E-state index is -5.61. The highest BCUT2D eigenvalue weighted by Gasteiger charge is 2.62. The second kappa shape index (κ2) is 11.0. The number of halogens is 7. The van der Waals surface area contributed by atoms with E-state index < -0.39 is 87.0 Å². The number of carbonyl (C=O) groups excluding carboxylic acids is 1. The Morgan fingerprint density at radius 3 is 2.43 bits per heavy atom. The first-order valence-electron chi connectivity index (χ1n) is 14.1. The zero-order valence-corrected chi connectivity index (χ0v) is 25.3. The number of alkyl halides is 6. The number of nitrogens with one attached hydrogen (secondary N) is 1. The number of hydrogen-bond acceptors (Lipinski definition) is 8. The van der Waals surface area contributed by atoms with Gasteiger partial charge in [0.1, 0.15) is 22.8 Å². The molecule has 2 aliphatic rings. The van der Waals surface area contributed by atoms with Crippen LogP contribution in [0, 0.1) is 11.2 Å². The number of amides is 1. The van der Waals surface area contributed by atoms with Gasteiger partial charge in [0.2, 0.25) is 0 Å². The Morgan fingerprint density at radius 1 is 1.11 bits per heavy atom. The minimum absolute atomic E-state index is 0.0657. The highest BCUT2D eigenvalue weighted by atomic mass is 19.4. The molecule has 0 spiro atoms. The monoisotopic (exact) mass is 657 g/mol. The zero-order valence-electron chi connectivity index (χ0n) is 25.3. The normalized spacial score (nSPS) is 21.3. The van der Waals surface area contributed by atoms with Crippen LogP contribution in [0.1, 0.15) is 70.0 Å². The summed E-state index contributed by atoms with van der Waals surface area (Å²) < 4.78 is 113. The summed E-state index contributed by atoms with van der Waals surface area (Å²) >= 11 is 0. The van der Waals surface area contributed by atoms with E-state index in [2.05, 4.69) is 20.5 Å². The van der Waals surface area contributed by atoms with Gasteiger partial charge in [-0.3, -0.25) is 5.32 Å². The fourth-order valence-electron chi connectivity index (χ4n) is 5.60. The second-order valence-corrected chi connectivity index (χ2v) is 13.0. The number of benzene rings is 1. The average Bonchev–Trinajstić information content (AvgIpc) is 3.50. The lowest BCUT2D eigenvalue weighted by Gasteiger charge is -2.29. The third kappa shape index (κ3) is 6.26. The van der Waals surface area contributed by atoms with E-state index in [1.165, 1.54) is 37.8 Å². The third-order valence-electron chi connectivity index (χ3n) is 7.49. The Hall–Kier alpha value is -4.21. The third-order valence-corrected chi connectivity index (χ3v) is 7.49. The first-order valence-corrected chi connectivity index (χ1v) is 14.1. The van der Waals surface area contributed by atoms with Gasteiger partial charge < -0.3 is 19.2 Å². The maximum Gasteiger partial charge on any atom is 0.430 e. The number of fused-ring (bicyclic) bond motifs is 9. The molecule has 3 aromatic rings. The van der Waals surface area contributed by atoms with Gasteiger partial charge in [0, 0.05) is 18.2 Å². The van der Waals surface area contributed by atoms with Crippen LogP contribution < -0.4 is 10.2 Å². The molecule has 2 unspecified atom stereocenters. The van der Waals surface area contributed by atoms with E-state index in [0.29, 0.717) is 12.5 Å². The Morgan fingerprint density at radius 2 is 1.80 bits per heavy atom. The molecule has 248 valence electrons. The van der Waals surface area contributed by atoms with Gasteiger partial charge in [-0.05, 0) is 62.8 Å². The predicted molar refractivity (Wildman–Crippen MR) is 151 cm³/mol. The number of rotatable bonds is 1. The summed E-state index contributed by atoms with van der Waals surface area (Å²) in [6.07, 6.45) is -8.36. The van der Waals surface area contributed by atoms with Gasteiger partial charge in [-0.15, -0.1) is 10.2 Å². The van der Waals surface area contributed by atoms with Crippen molar-refractivity contribution < 1.29 is 49.8 Å². The van der Waals surface area contributed by atoms with Crippen LogP contribution in [0.15, 0.2) is 34.8 Å². The number of pyridine rings is 1. The van der Waals surface area contributed by atoms with Crippen LogP contribution in [0.5, 0.6) is 0 Å². The first-order chi connectivity index (χ1) is 21.1. The Balaban J connectivity index is 1.82. The molecule has 1 saturated heterocycles. The van der Waals surface area contributed by atoms with Crippen molar-refractivity contribution in [2.24, 2.45) is 5.41 Å². The molecular weight excluding hydrogens is 627 g/mol. The summed E-state index contributed by atoms with van der Waals surface area (Å²) in [5, 5.41) is 20.1. The lowest BCUT2D eigenvalue weighted by atomic mass is 9.89. The van der Waals surface area contributed by atoms with Crippen LogP contribution in [0.3, 0.4) is 0 Å². The number of hydrogen-bond donors (Lipinski definition) is 2. The van der Waals surface area contributed by atoms with Gasteiger partial charge in [-0.1, -0.05) is 32.1 Å². The van der Waals surface area contributed by atoms with Crippen LogP contribution in [0.2, 0.25) is 0 Å². The lowest BCUT2D eigenvalue weighted by Crippen LogP contribution is -2.44. The molecule has 0 saturated carbocycles. The molecule has 2 aliphatic heterocycles. The van der Waals surface area contributed by atoms with E-state index in [0.717, 1.165) is 12.1 Å². The van der Waals surface area contributed by atoms with Crippen LogP contribution in [0.4, 0.5) is 47.0 Å². The lowest BCUT2D eigenvalue weighted by molar-refractivity contribution is -0.256. The van der Waals surface area contributed by atoms with E-state index in [4.69, 9.17) is 9.15 Å². The fourth-order valence-corrected chi connectivity index (χ4v) is 5.60. The standard InChI is InChI=1S/C30H30F7N5O4/c1-26(2,3)46-25(43)38-20-12-18(29(32,33)34)22-39-21(20)23-40-41-24(45-23)28(44,30(35,36)37)17-11-15(9-10-19(17)31)7-6-8-16-13-27(4,5)14-42(16)22/h6-7,9-12,16,44H,8,13-14H2,1-5H3,(H,38,43). The zero-order chi connectivity index (χ0) is 34.0. The van der Waals surface area contributed by atoms with Gasteiger partial charge in [0.05, 0.1) is 5.69 Å². The average molecular weight is 658 g/mol. The van der Waals surface area contributed by atoms with Gasteiger partial charge in [-0.2, -0.15) is 26.3 Å². The molecule has 0 aliphatic carbocycles. The number of ether oxygens (including phenoxy) is 1. The van der Waals surface area contributed by atoms with E-state index in [1.807, 2.05) is 13.8 Å². The van der Waals surface area contributed by atoms with E-state index in [1.54, 1.807) is 6.08 Å². The number of aromatic nitrogens is 3. The highest BCUT2D eigenvalue weighted by molar-refractivity contribution is 5.90. The second-order valence-electron chi connectivity index (χ2n) is 13.0. The molecule has 46 heavy (non-hydrogen) atoms. The molecule has 16 heteroatoms. The van der Waals surface area contributed by atoms with Gasteiger partial charge in [0.15, 0.2) is 5.69 Å². The van der Waals surface area contributed by atoms with Gasteiger partial charge in [-0.25, -0.2) is 14.2 Å². The van der Waals surface area contributed by atoms with Crippen LogP contribution in [0.25, 0.3) is 17.7 Å². The van der Waals surface area contributed by atoms with E-state index in [9.17, 15) is 36.2 Å². The predicted octanol–water partition coefficient (Wildman–Crippen LogP) is 7.46. The number of carbonyl (C=O) groups is 1. The molecule has 2 N–H and O–H groups in total. The van der Waals surface area contributed by atoms with Crippen molar-refractivity contribution in [1.29, 1.82) is 0 Å². The maximum absolute atomic E-state index is 15.0. The molecule has 5 rings (SSSR count). The topological polar surface area (TPSA) is 114 Å². The van der Waals surface area contributed by atoms with Crippen LogP contribution in [-0.2, 0) is 16.5 Å². The molecule has 0 radical (unpaired) electrons. The smallest absolute Gasteiger partial charge is 0.430 e. The maximum atomic E-state index is 15.0. The summed E-state index contributed by atoms with van der Waals surface area (Å²) in [5.74, 6) is -4.45. The summed E-state index contributed by atoms with van der Waals surface area (Å²) in [4.78, 5) is 18.3. The van der Waals surface area contributed by atoms with Crippen molar-refractivity contribution in [3.05, 3.63) is 58.7 Å². The van der Waals surface area contributed by atoms with Crippen molar-refractivity contribution in [3.63, 3.8) is 0 Å². The quantitative estimate of drug-likeness (QED) is 0.260. The molecule has 2 aromatic heterocycles. The van der Waals surface area contributed by atoms with Gasteiger partial charge in [0.25, 0.3) is 17.4 Å². The van der Waals surface area contributed by atoms with Crippen molar-refractivity contribution in [3.8, 4) is 11.6 Å². The molecule has 1 fully saturated rings. The molecule has 2 atom stereocenters. The Labute approximate surface area is 258 Å². The number of nitrogens with zero attached hydrogens (tertiary/aromatic N) is 4. The van der Waals surface area contributed by atoms with E-state index >= 15 is 4.39 Å². The van der Waals surface area contributed by atoms with Crippen molar-refractivity contribution in [2.75, 3.05) is 16.8 Å². The van der Waals surface area contributed by atoms with Crippen LogP contribution >= 0.6 is 0 Å². The molecule has 6 bridgehead atoms.